The predicted octanol–water partition coefficient (Wildman–Crippen LogP) is 2.71. The maximum atomic E-state index is 12.0. The van der Waals surface area contributed by atoms with Gasteiger partial charge in [0.25, 0.3) is 0 Å². The molecule has 1 aromatic rings. The molecule has 0 saturated heterocycles. The van der Waals surface area contributed by atoms with Gasteiger partial charge in [0.2, 0.25) is 0 Å². The third-order valence-electron chi connectivity index (χ3n) is 3.66. The number of anilines is 1. The van der Waals surface area contributed by atoms with Crippen LogP contribution in [-0.2, 0) is 0 Å². The molecular formula is C14H18N2O3. The fourth-order valence-electron chi connectivity index (χ4n) is 2.08. The van der Waals surface area contributed by atoms with E-state index in [2.05, 4.69) is 5.32 Å². The first-order valence-electron chi connectivity index (χ1n) is 6.37. The standard InChI is InChI=1S/C14H18N2O3/c1-9-6-7-10(8-12(9)13(17)18)15-14(19)16(2)11-4-3-5-11/h6-8,11H,3-5H2,1-2H3,(H,15,19)(H,17,18). The van der Waals surface area contributed by atoms with Gasteiger partial charge < -0.3 is 15.3 Å². The summed E-state index contributed by atoms with van der Waals surface area (Å²) >= 11 is 0. The molecule has 0 atom stereocenters. The molecule has 1 aliphatic rings. The lowest BCUT2D eigenvalue weighted by molar-refractivity contribution is 0.0696. The number of hydrogen-bond donors (Lipinski definition) is 2. The summed E-state index contributed by atoms with van der Waals surface area (Å²) in [6.07, 6.45) is 3.24. The second-order valence-electron chi connectivity index (χ2n) is 4.96. The number of hydrogen-bond acceptors (Lipinski definition) is 2. The monoisotopic (exact) mass is 262 g/mol. The van der Waals surface area contributed by atoms with Crippen molar-refractivity contribution in [2.75, 3.05) is 12.4 Å². The Morgan fingerprint density at radius 2 is 2.05 bits per heavy atom. The van der Waals surface area contributed by atoms with E-state index in [1.807, 2.05) is 0 Å². The fourth-order valence-corrected chi connectivity index (χ4v) is 2.08. The van der Waals surface area contributed by atoms with Crippen LogP contribution < -0.4 is 5.32 Å². The van der Waals surface area contributed by atoms with E-state index in [-0.39, 0.29) is 11.6 Å². The van der Waals surface area contributed by atoms with Crippen LogP contribution in [0.25, 0.3) is 0 Å². The summed E-state index contributed by atoms with van der Waals surface area (Å²) < 4.78 is 0. The molecule has 0 spiro atoms. The van der Waals surface area contributed by atoms with Crippen molar-refractivity contribution in [2.45, 2.75) is 32.2 Å². The first-order chi connectivity index (χ1) is 8.99. The van der Waals surface area contributed by atoms with Crippen molar-refractivity contribution in [3.05, 3.63) is 29.3 Å². The van der Waals surface area contributed by atoms with Crippen LogP contribution in [0.5, 0.6) is 0 Å². The highest BCUT2D eigenvalue weighted by atomic mass is 16.4. The van der Waals surface area contributed by atoms with Gasteiger partial charge in [0.1, 0.15) is 0 Å². The Bertz CT molecular complexity index is 509. The summed E-state index contributed by atoms with van der Waals surface area (Å²) in [4.78, 5) is 24.7. The minimum atomic E-state index is -0.985. The molecule has 0 aromatic heterocycles. The molecule has 0 aliphatic heterocycles. The Morgan fingerprint density at radius 3 is 2.58 bits per heavy atom. The maximum Gasteiger partial charge on any atom is 0.336 e. The Hall–Kier alpha value is -2.04. The third kappa shape index (κ3) is 2.86. The molecule has 2 rings (SSSR count). The largest absolute Gasteiger partial charge is 0.478 e. The summed E-state index contributed by atoms with van der Waals surface area (Å²) in [6, 6.07) is 5.02. The van der Waals surface area contributed by atoms with Crippen LogP contribution in [-0.4, -0.2) is 35.1 Å². The third-order valence-corrected chi connectivity index (χ3v) is 3.66. The topological polar surface area (TPSA) is 69.6 Å². The van der Waals surface area contributed by atoms with Crippen LogP contribution in [0.2, 0.25) is 0 Å². The maximum absolute atomic E-state index is 12.0. The fraction of sp³-hybridized carbons (Fsp3) is 0.429. The highest BCUT2D eigenvalue weighted by Crippen LogP contribution is 2.24. The number of carboxylic acids is 1. The van der Waals surface area contributed by atoms with Crippen LogP contribution in [0.15, 0.2) is 18.2 Å². The second-order valence-corrected chi connectivity index (χ2v) is 4.96. The number of carbonyl (C=O) groups is 2. The van der Waals surface area contributed by atoms with E-state index in [1.54, 1.807) is 31.0 Å². The highest BCUT2D eigenvalue weighted by Gasteiger charge is 2.25. The van der Waals surface area contributed by atoms with Crippen molar-refractivity contribution >= 4 is 17.7 Å². The first kappa shape index (κ1) is 13.4. The van der Waals surface area contributed by atoms with Crippen LogP contribution in [0.3, 0.4) is 0 Å². The summed E-state index contributed by atoms with van der Waals surface area (Å²) in [5.74, 6) is -0.985. The van der Waals surface area contributed by atoms with E-state index in [0.717, 1.165) is 19.3 Å². The number of aromatic carboxylic acids is 1. The highest BCUT2D eigenvalue weighted by molar-refractivity contribution is 5.94. The van der Waals surface area contributed by atoms with Crippen molar-refractivity contribution < 1.29 is 14.7 Å². The van der Waals surface area contributed by atoms with E-state index in [9.17, 15) is 9.59 Å². The molecule has 5 nitrogen and oxygen atoms in total. The Kier molecular flexibility index (Phi) is 3.74. The lowest BCUT2D eigenvalue weighted by atomic mass is 9.92. The van der Waals surface area contributed by atoms with Crippen LogP contribution in [0, 0.1) is 6.92 Å². The zero-order chi connectivity index (χ0) is 14.0. The second kappa shape index (κ2) is 5.30. The van der Waals surface area contributed by atoms with E-state index in [4.69, 9.17) is 5.11 Å². The van der Waals surface area contributed by atoms with E-state index in [1.165, 1.54) is 6.07 Å². The van der Waals surface area contributed by atoms with Crippen LogP contribution in [0.4, 0.5) is 10.5 Å². The van der Waals surface area contributed by atoms with E-state index < -0.39 is 5.97 Å². The number of urea groups is 1. The first-order valence-corrected chi connectivity index (χ1v) is 6.37. The number of nitrogens with one attached hydrogen (secondary N) is 1. The SMILES string of the molecule is Cc1ccc(NC(=O)N(C)C2CCC2)cc1C(=O)O. The van der Waals surface area contributed by atoms with Crippen molar-refractivity contribution in [3.63, 3.8) is 0 Å². The molecule has 1 fully saturated rings. The number of nitrogens with zero attached hydrogens (tertiary/aromatic N) is 1. The molecule has 1 aromatic carbocycles. The van der Waals surface area contributed by atoms with Gasteiger partial charge in [-0.05, 0) is 43.9 Å². The van der Waals surface area contributed by atoms with Gasteiger partial charge in [-0.3, -0.25) is 0 Å². The van der Waals surface area contributed by atoms with Crippen molar-refractivity contribution in [1.29, 1.82) is 0 Å². The summed E-state index contributed by atoms with van der Waals surface area (Å²) in [6.45, 7) is 1.73. The molecule has 0 radical (unpaired) electrons. The predicted molar refractivity (Wildman–Crippen MR) is 72.6 cm³/mol. The molecule has 1 aliphatic carbocycles. The summed E-state index contributed by atoms with van der Waals surface area (Å²) in [5.41, 5.74) is 1.40. The van der Waals surface area contributed by atoms with Crippen molar-refractivity contribution in [1.82, 2.24) is 4.90 Å². The smallest absolute Gasteiger partial charge is 0.336 e. The molecule has 5 heteroatoms. The average molecular weight is 262 g/mol. The van der Waals surface area contributed by atoms with Crippen LogP contribution in [0.1, 0.15) is 35.2 Å². The normalized spacial score (nSPS) is 14.6. The minimum absolute atomic E-state index is 0.190. The van der Waals surface area contributed by atoms with Gasteiger partial charge in [0.15, 0.2) is 0 Å². The molecule has 0 bridgehead atoms. The average Bonchev–Trinajstić information content (AvgIpc) is 2.28. The molecule has 102 valence electrons. The van der Waals surface area contributed by atoms with Gasteiger partial charge in [-0.2, -0.15) is 0 Å². The lowest BCUT2D eigenvalue weighted by Gasteiger charge is -2.34. The zero-order valence-corrected chi connectivity index (χ0v) is 11.1. The van der Waals surface area contributed by atoms with E-state index in [0.29, 0.717) is 17.3 Å². The van der Waals surface area contributed by atoms with E-state index >= 15 is 0 Å². The van der Waals surface area contributed by atoms with Gasteiger partial charge >= 0.3 is 12.0 Å². The number of carboxylic acid groups (broad SMARTS) is 1. The number of aryl methyl sites for hydroxylation is 1. The molecule has 2 amide bonds. The summed E-state index contributed by atoms with van der Waals surface area (Å²) in [7, 11) is 1.77. The Labute approximate surface area is 112 Å². The number of amides is 2. The molecular weight excluding hydrogens is 244 g/mol. The summed E-state index contributed by atoms with van der Waals surface area (Å²) in [5, 5.41) is 11.8. The Morgan fingerprint density at radius 1 is 1.37 bits per heavy atom. The molecule has 19 heavy (non-hydrogen) atoms. The lowest BCUT2D eigenvalue weighted by Crippen LogP contribution is -2.43. The molecule has 1 saturated carbocycles. The number of rotatable bonds is 3. The van der Waals surface area contributed by atoms with Gasteiger partial charge in [-0.1, -0.05) is 6.07 Å². The van der Waals surface area contributed by atoms with Gasteiger partial charge in [0.05, 0.1) is 5.56 Å². The van der Waals surface area contributed by atoms with Crippen molar-refractivity contribution in [2.24, 2.45) is 0 Å². The Balaban J connectivity index is 2.08. The number of carbonyl (C=O) groups excluding carboxylic acids is 1. The van der Waals surface area contributed by atoms with Crippen LogP contribution >= 0.6 is 0 Å². The molecule has 0 heterocycles. The number of benzene rings is 1. The van der Waals surface area contributed by atoms with Crippen molar-refractivity contribution in [3.8, 4) is 0 Å². The van der Waals surface area contributed by atoms with Gasteiger partial charge in [-0.15, -0.1) is 0 Å². The quantitative estimate of drug-likeness (QED) is 0.880. The molecule has 2 N–H and O–H groups in total. The molecule has 0 unspecified atom stereocenters. The minimum Gasteiger partial charge on any atom is -0.478 e. The van der Waals surface area contributed by atoms with Gasteiger partial charge in [-0.25, -0.2) is 9.59 Å². The van der Waals surface area contributed by atoms with Gasteiger partial charge in [0, 0.05) is 18.8 Å². The zero-order valence-electron chi connectivity index (χ0n) is 11.1.